The summed E-state index contributed by atoms with van der Waals surface area (Å²) in [5.74, 6) is 0.128. The summed E-state index contributed by atoms with van der Waals surface area (Å²) in [6.07, 6.45) is 4.65. The molecule has 2 saturated heterocycles. The van der Waals surface area contributed by atoms with Crippen LogP contribution in [0.3, 0.4) is 0 Å². The molecule has 2 aliphatic heterocycles. The molecule has 0 bridgehead atoms. The van der Waals surface area contributed by atoms with E-state index in [4.69, 9.17) is 10.5 Å². The molecule has 8 heteroatoms. The molecule has 1 aromatic heterocycles. The zero-order valence-electron chi connectivity index (χ0n) is 13.3. The number of nitrogens with zero attached hydrogens (tertiary/aromatic N) is 2. The summed E-state index contributed by atoms with van der Waals surface area (Å²) >= 11 is 1.66. The van der Waals surface area contributed by atoms with Crippen molar-refractivity contribution in [1.29, 1.82) is 0 Å². The number of carbonyl (C=O) groups excluding carboxylic acids is 1. The molecule has 0 radical (unpaired) electrons. The molecule has 1 aromatic rings. The van der Waals surface area contributed by atoms with Gasteiger partial charge in [-0.05, 0) is 39.0 Å². The Bertz CT molecular complexity index is 515. The number of hydrogen-bond donors (Lipinski definition) is 1. The van der Waals surface area contributed by atoms with Crippen molar-refractivity contribution in [2.45, 2.75) is 57.3 Å². The lowest BCUT2D eigenvalue weighted by atomic mass is 10.0. The first-order valence-corrected chi connectivity index (χ1v) is 8.65. The van der Waals surface area contributed by atoms with Crippen LogP contribution in [0.5, 0.6) is 0 Å². The van der Waals surface area contributed by atoms with E-state index >= 15 is 0 Å². The quantitative estimate of drug-likeness (QED) is 0.873. The van der Waals surface area contributed by atoms with E-state index in [1.165, 1.54) is 0 Å². The number of amides is 1. The van der Waals surface area contributed by atoms with Gasteiger partial charge in [-0.1, -0.05) is 0 Å². The predicted molar refractivity (Wildman–Crippen MR) is 96.6 cm³/mol. The average molecular weight is 382 g/mol. The third-order valence-corrected chi connectivity index (χ3v) is 5.42. The Labute approximate surface area is 153 Å². The van der Waals surface area contributed by atoms with Crippen LogP contribution in [0.2, 0.25) is 0 Å². The maximum atomic E-state index is 12.8. The molecule has 0 aromatic carbocycles. The largest absolute Gasteiger partial charge is 0.364 e. The number of carbonyl (C=O) groups is 1. The molecule has 0 spiro atoms. The van der Waals surface area contributed by atoms with E-state index in [1.54, 1.807) is 11.3 Å². The number of ether oxygens (including phenoxy) is 1. The highest BCUT2D eigenvalue weighted by atomic mass is 35.5. The molecule has 2 N–H and O–H groups in total. The van der Waals surface area contributed by atoms with Crippen molar-refractivity contribution in [3.8, 4) is 0 Å². The van der Waals surface area contributed by atoms with Gasteiger partial charge in [0.25, 0.3) is 5.91 Å². The molecule has 0 aliphatic carbocycles. The first-order valence-electron chi connectivity index (χ1n) is 7.77. The summed E-state index contributed by atoms with van der Waals surface area (Å²) in [4.78, 5) is 19.4. The molecule has 2 fully saturated rings. The van der Waals surface area contributed by atoms with Crippen molar-refractivity contribution in [2.75, 3.05) is 13.1 Å². The van der Waals surface area contributed by atoms with Gasteiger partial charge in [-0.3, -0.25) is 4.79 Å². The zero-order valence-corrected chi connectivity index (χ0v) is 15.7. The molecule has 3 heterocycles. The van der Waals surface area contributed by atoms with E-state index in [-0.39, 0.29) is 49.0 Å². The number of aryl methyl sites for hydroxylation is 1. The Kier molecular flexibility index (Phi) is 8.24. The van der Waals surface area contributed by atoms with Crippen LogP contribution >= 0.6 is 36.2 Å². The Morgan fingerprint density at radius 2 is 2.17 bits per heavy atom. The molecule has 3 rings (SSSR count). The van der Waals surface area contributed by atoms with Crippen LogP contribution in [0.15, 0.2) is 5.38 Å². The maximum absolute atomic E-state index is 12.8. The van der Waals surface area contributed by atoms with Gasteiger partial charge < -0.3 is 15.4 Å². The maximum Gasteiger partial charge on any atom is 0.252 e. The molecule has 5 nitrogen and oxygen atoms in total. The number of hydrogen-bond acceptors (Lipinski definition) is 5. The number of halogens is 2. The lowest BCUT2D eigenvalue weighted by Crippen LogP contribution is -2.44. The molecule has 3 atom stereocenters. The highest BCUT2D eigenvalue weighted by Crippen LogP contribution is 2.34. The van der Waals surface area contributed by atoms with Crippen LogP contribution in [0.1, 0.15) is 48.8 Å². The average Bonchev–Trinajstić information content (AvgIpc) is 3.15. The number of rotatable bonds is 3. The van der Waals surface area contributed by atoms with Crippen molar-refractivity contribution >= 4 is 42.1 Å². The summed E-state index contributed by atoms with van der Waals surface area (Å²) < 4.78 is 5.78. The minimum absolute atomic E-state index is 0. The summed E-state index contributed by atoms with van der Waals surface area (Å²) in [5, 5.41) is 3.12. The number of nitrogens with two attached hydrogens (primary N) is 1. The molecule has 23 heavy (non-hydrogen) atoms. The van der Waals surface area contributed by atoms with Gasteiger partial charge in [-0.2, -0.15) is 0 Å². The second-order valence-corrected chi connectivity index (χ2v) is 6.82. The van der Waals surface area contributed by atoms with Crippen molar-refractivity contribution < 1.29 is 9.53 Å². The first-order chi connectivity index (χ1) is 10.2. The van der Waals surface area contributed by atoms with E-state index in [0.29, 0.717) is 6.54 Å². The normalized spacial score (nSPS) is 27.2. The van der Waals surface area contributed by atoms with E-state index in [1.807, 2.05) is 11.8 Å². The first kappa shape index (κ1) is 20.6. The van der Waals surface area contributed by atoms with E-state index in [2.05, 4.69) is 10.4 Å². The minimum atomic E-state index is -0.305. The molecule has 2 aliphatic rings. The fourth-order valence-corrected chi connectivity index (χ4v) is 4.17. The SMILES string of the molecule is Cc1csc(C2CCCCN2C(=O)[C@@H]2CC[C@H](CN)O2)n1.Cl.Cl. The second kappa shape index (κ2) is 9.18. The summed E-state index contributed by atoms with van der Waals surface area (Å²) in [7, 11) is 0. The zero-order chi connectivity index (χ0) is 14.8. The summed E-state index contributed by atoms with van der Waals surface area (Å²) in [6.45, 7) is 3.31. The van der Waals surface area contributed by atoms with Crippen LogP contribution in [0.4, 0.5) is 0 Å². The Balaban J connectivity index is 0.00000132. The molecule has 1 unspecified atom stereocenters. The number of thiazole rings is 1. The molecule has 1 amide bonds. The van der Waals surface area contributed by atoms with Gasteiger partial charge in [0.2, 0.25) is 0 Å². The fourth-order valence-electron chi connectivity index (χ4n) is 3.22. The van der Waals surface area contributed by atoms with E-state index < -0.39 is 0 Å². The predicted octanol–water partition coefficient (Wildman–Crippen LogP) is 2.86. The van der Waals surface area contributed by atoms with Gasteiger partial charge in [0.1, 0.15) is 11.1 Å². The molecular formula is C15H25Cl2N3O2S. The Morgan fingerprint density at radius 3 is 2.78 bits per heavy atom. The van der Waals surface area contributed by atoms with Crippen molar-refractivity contribution in [2.24, 2.45) is 5.73 Å². The van der Waals surface area contributed by atoms with Gasteiger partial charge >= 0.3 is 0 Å². The Hall–Kier alpha value is -0.400. The van der Waals surface area contributed by atoms with Gasteiger partial charge in [-0.15, -0.1) is 36.2 Å². The van der Waals surface area contributed by atoms with Gasteiger partial charge in [0, 0.05) is 24.2 Å². The molecular weight excluding hydrogens is 357 g/mol. The van der Waals surface area contributed by atoms with Crippen LogP contribution in [-0.2, 0) is 9.53 Å². The lowest BCUT2D eigenvalue weighted by molar-refractivity contribution is -0.146. The van der Waals surface area contributed by atoms with Gasteiger partial charge in [-0.25, -0.2) is 4.98 Å². The minimum Gasteiger partial charge on any atom is -0.364 e. The van der Waals surface area contributed by atoms with Gasteiger partial charge in [0.15, 0.2) is 0 Å². The third-order valence-electron chi connectivity index (χ3n) is 4.35. The van der Waals surface area contributed by atoms with Crippen molar-refractivity contribution in [1.82, 2.24) is 9.88 Å². The smallest absolute Gasteiger partial charge is 0.252 e. The van der Waals surface area contributed by atoms with Crippen LogP contribution in [-0.4, -0.2) is 41.1 Å². The van der Waals surface area contributed by atoms with E-state index in [0.717, 1.165) is 49.4 Å². The summed E-state index contributed by atoms with van der Waals surface area (Å²) in [6, 6.07) is 0.130. The molecule has 132 valence electrons. The van der Waals surface area contributed by atoms with E-state index in [9.17, 15) is 4.79 Å². The number of likely N-dealkylation sites (tertiary alicyclic amines) is 1. The summed E-state index contributed by atoms with van der Waals surface area (Å²) in [5.41, 5.74) is 6.67. The third kappa shape index (κ3) is 4.57. The lowest BCUT2D eigenvalue weighted by Gasteiger charge is -2.36. The highest BCUT2D eigenvalue weighted by Gasteiger charge is 2.37. The highest BCUT2D eigenvalue weighted by molar-refractivity contribution is 7.09. The van der Waals surface area contributed by atoms with Crippen LogP contribution in [0.25, 0.3) is 0 Å². The van der Waals surface area contributed by atoms with Crippen molar-refractivity contribution in [3.63, 3.8) is 0 Å². The topological polar surface area (TPSA) is 68.5 Å². The van der Waals surface area contributed by atoms with Crippen LogP contribution in [0, 0.1) is 6.92 Å². The number of piperidine rings is 1. The molecule has 0 saturated carbocycles. The monoisotopic (exact) mass is 381 g/mol. The fraction of sp³-hybridized carbons (Fsp3) is 0.733. The standard InChI is InChI=1S/C15H23N3O2S.2ClH/c1-10-9-21-14(17-10)12-4-2-3-7-18(12)15(19)13-6-5-11(8-16)20-13;;/h9,11-13H,2-8,16H2,1H3;2*1H/t11-,12?,13+;;/m1../s1. The van der Waals surface area contributed by atoms with Crippen LogP contribution < -0.4 is 5.73 Å². The second-order valence-electron chi connectivity index (χ2n) is 5.93. The van der Waals surface area contributed by atoms with Crippen molar-refractivity contribution in [3.05, 3.63) is 16.1 Å². The Morgan fingerprint density at radius 1 is 1.39 bits per heavy atom. The number of aromatic nitrogens is 1. The van der Waals surface area contributed by atoms with Gasteiger partial charge in [0.05, 0.1) is 12.1 Å².